The van der Waals surface area contributed by atoms with Crippen molar-refractivity contribution in [2.75, 3.05) is 26.7 Å². The standard InChI is InChI=1S/C11H22N2O4S/c1-9(11(14)17-2)18(15,16)13-7-5-10-4-3-6-12-8-10/h9-10,12-13H,3-8H2,1-2H3. The third-order valence-electron chi connectivity index (χ3n) is 3.25. The van der Waals surface area contributed by atoms with Crippen LogP contribution in [0.4, 0.5) is 0 Å². The smallest absolute Gasteiger partial charge is 0.325 e. The minimum absolute atomic E-state index is 0.371. The zero-order valence-corrected chi connectivity index (χ0v) is 11.8. The highest BCUT2D eigenvalue weighted by atomic mass is 32.2. The predicted octanol–water partition coefficient (Wildman–Crippen LogP) is -0.143. The number of carbonyl (C=O) groups excluding carboxylic acids is 1. The lowest BCUT2D eigenvalue weighted by molar-refractivity contribution is -0.139. The summed E-state index contributed by atoms with van der Waals surface area (Å²) < 4.78 is 30.4. The Hall–Kier alpha value is -0.660. The van der Waals surface area contributed by atoms with Crippen LogP contribution in [0, 0.1) is 5.92 Å². The fraction of sp³-hybridized carbons (Fsp3) is 0.909. The van der Waals surface area contributed by atoms with Crippen LogP contribution in [-0.2, 0) is 19.6 Å². The first-order valence-corrected chi connectivity index (χ1v) is 7.79. The molecule has 7 heteroatoms. The minimum Gasteiger partial charge on any atom is -0.468 e. The molecule has 106 valence electrons. The number of piperidine rings is 1. The summed E-state index contributed by atoms with van der Waals surface area (Å²) >= 11 is 0. The average molecular weight is 278 g/mol. The van der Waals surface area contributed by atoms with Gasteiger partial charge >= 0.3 is 5.97 Å². The van der Waals surface area contributed by atoms with Gasteiger partial charge in [0.15, 0.2) is 5.25 Å². The molecule has 0 radical (unpaired) electrons. The van der Waals surface area contributed by atoms with Gasteiger partial charge in [-0.2, -0.15) is 0 Å². The molecule has 1 aliphatic heterocycles. The van der Waals surface area contributed by atoms with E-state index in [2.05, 4.69) is 14.8 Å². The van der Waals surface area contributed by atoms with Gasteiger partial charge in [0.05, 0.1) is 7.11 Å². The van der Waals surface area contributed by atoms with Gasteiger partial charge < -0.3 is 10.1 Å². The molecule has 0 aromatic carbocycles. The highest BCUT2D eigenvalue weighted by molar-refractivity contribution is 7.90. The Morgan fingerprint density at radius 1 is 1.56 bits per heavy atom. The summed E-state index contributed by atoms with van der Waals surface area (Å²) in [4.78, 5) is 11.2. The monoisotopic (exact) mass is 278 g/mol. The van der Waals surface area contributed by atoms with Crippen molar-refractivity contribution in [3.8, 4) is 0 Å². The van der Waals surface area contributed by atoms with E-state index in [-0.39, 0.29) is 0 Å². The van der Waals surface area contributed by atoms with E-state index in [0.717, 1.165) is 32.4 Å². The molecule has 1 aliphatic rings. The first-order chi connectivity index (χ1) is 8.47. The van der Waals surface area contributed by atoms with Crippen LogP contribution in [0.5, 0.6) is 0 Å². The number of hydrogen-bond donors (Lipinski definition) is 2. The number of rotatable bonds is 6. The third kappa shape index (κ3) is 4.55. The summed E-state index contributed by atoms with van der Waals surface area (Å²) in [5, 5.41) is 2.12. The summed E-state index contributed by atoms with van der Waals surface area (Å²) in [5.74, 6) is -0.225. The molecular weight excluding hydrogens is 256 g/mol. The normalized spacial score (nSPS) is 22.4. The molecule has 2 atom stereocenters. The Morgan fingerprint density at radius 3 is 2.83 bits per heavy atom. The molecule has 18 heavy (non-hydrogen) atoms. The highest BCUT2D eigenvalue weighted by Crippen LogP contribution is 2.13. The van der Waals surface area contributed by atoms with E-state index >= 15 is 0 Å². The largest absolute Gasteiger partial charge is 0.468 e. The third-order valence-corrected chi connectivity index (χ3v) is 4.98. The zero-order valence-electron chi connectivity index (χ0n) is 10.9. The van der Waals surface area contributed by atoms with Crippen LogP contribution in [0.2, 0.25) is 0 Å². The van der Waals surface area contributed by atoms with Crippen molar-refractivity contribution in [2.45, 2.75) is 31.4 Å². The lowest BCUT2D eigenvalue weighted by Crippen LogP contribution is -2.39. The fourth-order valence-corrected chi connectivity index (χ4v) is 3.00. The van der Waals surface area contributed by atoms with Crippen molar-refractivity contribution < 1.29 is 17.9 Å². The van der Waals surface area contributed by atoms with E-state index in [0.29, 0.717) is 12.5 Å². The first kappa shape index (κ1) is 15.4. The number of sulfonamides is 1. The number of esters is 1. The van der Waals surface area contributed by atoms with Gasteiger partial charge in [0.25, 0.3) is 0 Å². The van der Waals surface area contributed by atoms with Crippen LogP contribution in [0.25, 0.3) is 0 Å². The van der Waals surface area contributed by atoms with Crippen molar-refractivity contribution in [3.63, 3.8) is 0 Å². The van der Waals surface area contributed by atoms with E-state index in [9.17, 15) is 13.2 Å². The van der Waals surface area contributed by atoms with Gasteiger partial charge in [0.2, 0.25) is 10.0 Å². The Balaban J connectivity index is 2.34. The number of hydrogen-bond acceptors (Lipinski definition) is 5. The van der Waals surface area contributed by atoms with Crippen molar-refractivity contribution in [1.29, 1.82) is 0 Å². The molecule has 0 saturated carbocycles. The van der Waals surface area contributed by atoms with Gasteiger partial charge in [-0.05, 0) is 45.2 Å². The second-order valence-electron chi connectivity index (χ2n) is 4.61. The van der Waals surface area contributed by atoms with E-state index < -0.39 is 21.2 Å². The zero-order chi connectivity index (χ0) is 13.6. The van der Waals surface area contributed by atoms with Crippen LogP contribution in [0.3, 0.4) is 0 Å². The molecule has 0 amide bonds. The topological polar surface area (TPSA) is 84.5 Å². The quantitative estimate of drug-likeness (QED) is 0.661. The Kier molecular flexibility index (Phi) is 6.04. The average Bonchev–Trinajstić information content (AvgIpc) is 2.38. The van der Waals surface area contributed by atoms with Crippen LogP contribution >= 0.6 is 0 Å². The van der Waals surface area contributed by atoms with Gasteiger partial charge in [-0.15, -0.1) is 0 Å². The molecule has 0 aromatic heterocycles. The summed E-state index contributed by atoms with van der Waals surface area (Å²) in [5.41, 5.74) is 0. The molecule has 6 nitrogen and oxygen atoms in total. The summed E-state index contributed by atoms with van der Waals surface area (Å²) in [6.45, 7) is 3.68. The van der Waals surface area contributed by atoms with Gasteiger partial charge in [0.1, 0.15) is 0 Å². The molecule has 1 rings (SSSR count). The summed E-state index contributed by atoms with van der Waals surface area (Å²) in [6, 6.07) is 0. The molecule has 0 bridgehead atoms. The molecule has 0 aromatic rings. The van der Waals surface area contributed by atoms with Gasteiger partial charge in [0, 0.05) is 6.54 Å². The van der Waals surface area contributed by atoms with Crippen molar-refractivity contribution in [2.24, 2.45) is 5.92 Å². The molecule has 1 fully saturated rings. The second kappa shape index (κ2) is 7.06. The molecule has 2 N–H and O–H groups in total. The van der Waals surface area contributed by atoms with Crippen molar-refractivity contribution >= 4 is 16.0 Å². The van der Waals surface area contributed by atoms with Crippen LogP contribution in [-0.4, -0.2) is 46.4 Å². The van der Waals surface area contributed by atoms with Crippen LogP contribution in [0.15, 0.2) is 0 Å². The number of ether oxygens (including phenoxy) is 1. The predicted molar refractivity (Wildman–Crippen MR) is 68.6 cm³/mol. The van der Waals surface area contributed by atoms with E-state index in [1.165, 1.54) is 14.0 Å². The SMILES string of the molecule is COC(=O)C(C)S(=O)(=O)NCCC1CCCNC1. The Bertz CT molecular complexity index is 363. The molecule has 2 unspecified atom stereocenters. The van der Waals surface area contributed by atoms with Gasteiger partial charge in [-0.1, -0.05) is 0 Å². The van der Waals surface area contributed by atoms with E-state index in [1.54, 1.807) is 0 Å². The van der Waals surface area contributed by atoms with E-state index in [4.69, 9.17) is 0 Å². The molecular formula is C11H22N2O4S. The number of nitrogens with one attached hydrogen (secondary N) is 2. The second-order valence-corrected chi connectivity index (χ2v) is 6.69. The van der Waals surface area contributed by atoms with Crippen LogP contribution < -0.4 is 10.0 Å². The number of methoxy groups -OCH3 is 1. The first-order valence-electron chi connectivity index (χ1n) is 6.24. The van der Waals surface area contributed by atoms with Crippen LogP contribution in [0.1, 0.15) is 26.2 Å². The molecule has 0 aliphatic carbocycles. The maximum absolute atomic E-state index is 11.7. The lowest BCUT2D eigenvalue weighted by Gasteiger charge is -2.22. The fourth-order valence-electron chi connectivity index (χ4n) is 1.99. The maximum Gasteiger partial charge on any atom is 0.325 e. The Morgan fingerprint density at radius 2 is 2.28 bits per heavy atom. The molecule has 1 heterocycles. The maximum atomic E-state index is 11.7. The summed E-state index contributed by atoms with van der Waals surface area (Å²) in [6.07, 6.45) is 3.05. The summed E-state index contributed by atoms with van der Waals surface area (Å²) in [7, 11) is -2.43. The minimum atomic E-state index is -3.62. The lowest BCUT2D eigenvalue weighted by atomic mass is 9.96. The van der Waals surface area contributed by atoms with Crippen molar-refractivity contribution in [1.82, 2.24) is 10.0 Å². The van der Waals surface area contributed by atoms with Crippen molar-refractivity contribution in [3.05, 3.63) is 0 Å². The highest BCUT2D eigenvalue weighted by Gasteiger charge is 2.28. The number of carbonyl (C=O) groups is 1. The van der Waals surface area contributed by atoms with Gasteiger partial charge in [-0.3, -0.25) is 4.79 Å². The molecule has 1 saturated heterocycles. The van der Waals surface area contributed by atoms with Gasteiger partial charge in [-0.25, -0.2) is 13.1 Å². The molecule has 0 spiro atoms. The van der Waals surface area contributed by atoms with E-state index in [1.807, 2.05) is 0 Å². The Labute approximate surface area is 109 Å².